The first-order valence-electron chi connectivity index (χ1n) is 11.5. The SMILES string of the molecule is O=C(O)C1CCCN(C(=O)C[C@@H]2CCCN2c2cc(-n3ccnc3)c3ccc(Cl)c(Cl)c3n2)C1. The third-order valence-electron chi connectivity index (χ3n) is 6.82. The molecular weight excluding hydrogens is 477 g/mol. The summed E-state index contributed by atoms with van der Waals surface area (Å²) < 4.78 is 1.91. The second-order valence-corrected chi connectivity index (χ2v) is 9.72. The molecule has 0 bridgehead atoms. The maximum Gasteiger partial charge on any atom is 0.308 e. The minimum absolute atomic E-state index is 0.000418. The van der Waals surface area contributed by atoms with Crippen molar-refractivity contribution in [2.45, 2.75) is 38.1 Å². The number of likely N-dealkylation sites (tertiary alicyclic amines) is 1. The van der Waals surface area contributed by atoms with E-state index in [0.717, 1.165) is 42.7 Å². The summed E-state index contributed by atoms with van der Waals surface area (Å²) in [6.45, 7) is 1.67. The van der Waals surface area contributed by atoms with Crippen molar-refractivity contribution < 1.29 is 14.7 Å². The maximum atomic E-state index is 13.1. The van der Waals surface area contributed by atoms with Gasteiger partial charge in [0.05, 0.1) is 33.5 Å². The number of halogens is 2. The number of carboxylic acids is 1. The van der Waals surface area contributed by atoms with Gasteiger partial charge >= 0.3 is 5.97 Å². The van der Waals surface area contributed by atoms with Gasteiger partial charge < -0.3 is 19.5 Å². The lowest BCUT2D eigenvalue weighted by molar-refractivity contribution is -0.145. The highest BCUT2D eigenvalue weighted by atomic mass is 35.5. The molecule has 1 unspecified atom stereocenters. The highest BCUT2D eigenvalue weighted by Crippen LogP contribution is 2.36. The van der Waals surface area contributed by atoms with Gasteiger partial charge in [-0.15, -0.1) is 0 Å². The van der Waals surface area contributed by atoms with Gasteiger partial charge in [-0.1, -0.05) is 23.2 Å². The van der Waals surface area contributed by atoms with E-state index >= 15 is 0 Å². The number of aromatic nitrogens is 3. The Balaban J connectivity index is 1.45. The van der Waals surface area contributed by atoms with E-state index in [4.69, 9.17) is 28.2 Å². The van der Waals surface area contributed by atoms with Crippen molar-refractivity contribution in [3.63, 3.8) is 0 Å². The van der Waals surface area contributed by atoms with Crippen LogP contribution in [-0.4, -0.2) is 62.1 Å². The van der Waals surface area contributed by atoms with Gasteiger partial charge in [0, 0.05) is 55.9 Å². The molecule has 2 atom stereocenters. The summed E-state index contributed by atoms with van der Waals surface area (Å²) in [5.74, 6) is -0.579. The highest BCUT2D eigenvalue weighted by molar-refractivity contribution is 6.45. The van der Waals surface area contributed by atoms with E-state index < -0.39 is 11.9 Å². The van der Waals surface area contributed by atoms with Crippen molar-refractivity contribution in [2.75, 3.05) is 24.5 Å². The standard InChI is InChI=1S/C24H25Cl2N5O3/c25-18-6-5-17-19(30-10-7-27-14-30)12-20(28-23(17)22(18)26)31-9-2-4-16(31)11-21(32)29-8-1-3-15(13-29)24(33)34/h5-7,10,12,14-16H,1-4,8-9,11,13H2,(H,33,34)/t15?,16-/m0/s1. The van der Waals surface area contributed by atoms with Crippen molar-refractivity contribution in [2.24, 2.45) is 5.92 Å². The first-order valence-corrected chi connectivity index (χ1v) is 12.2. The highest BCUT2D eigenvalue weighted by Gasteiger charge is 2.33. The molecule has 3 aromatic rings. The van der Waals surface area contributed by atoms with E-state index in [9.17, 15) is 14.7 Å². The van der Waals surface area contributed by atoms with E-state index in [1.54, 1.807) is 23.5 Å². The molecule has 4 heterocycles. The molecule has 10 heteroatoms. The Kier molecular flexibility index (Phi) is 6.36. The van der Waals surface area contributed by atoms with E-state index in [1.807, 2.05) is 22.9 Å². The molecule has 1 N–H and O–H groups in total. The number of hydrogen-bond acceptors (Lipinski definition) is 5. The summed E-state index contributed by atoms with van der Waals surface area (Å²) in [6.07, 6.45) is 8.78. The Labute approximate surface area is 207 Å². The molecule has 0 aliphatic carbocycles. The van der Waals surface area contributed by atoms with Crippen LogP contribution in [0.2, 0.25) is 10.0 Å². The second kappa shape index (κ2) is 9.43. The van der Waals surface area contributed by atoms with Gasteiger partial charge in [-0.2, -0.15) is 0 Å². The predicted molar refractivity (Wildman–Crippen MR) is 131 cm³/mol. The number of piperidine rings is 1. The topological polar surface area (TPSA) is 91.6 Å². The van der Waals surface area contributed by atoms with Crippen LogP contribution >= 0.6 is 23.2 Å². The number of carbonyl (C=O) groups excluding carboxylic acids is 1. The largest absolute Gasteiger partial charge is 0.481 e. The molecule has 5 rings (SSSR count). The van der Waals surface area contributed by atoms with E-state index in [-0.39, 0.29) is 18.5 Å². The molecule has 2 aliphatic rings. The molecule has 0 radical (unpaired) electrons. The van der Waals surface area contributed by atoms with Crippen LogP contribution in [0.5, 0.6) is 0 Å². The molecular formula is C24H25Cl2N5O3. The van der Waals surface area contributed by atoms with Crippen molar-refractivity contribution in [1.29, 1.82) is 0 Å². The zero-order valence-electron chi connectivity index (χ0n) is 18.5. The fourth-order valence-electron chi connectivity index (χ4n) is 5.05. The van der Waals surface area contributed by atoms with Crippen molar-refractivity contribution in [3.8, 4) is 5.69 Å². The maximum absolute atomic E-state index is 13.1. The second-order valence-electron chi connectivity index (χ2n) is 8.94. The van der Waals surface area contributed by atoms with Crippen LogP contribution in [0.3, 0.4) is 0 Å². The number of amides is 1. The smallest absolute Gasteiger partial charge is 0.308 e. The quantitative estimate of drug-likeness (QED) is 0.556. The molecule has 0 spiro atoms. The number of pyridine rings is 1. The van der Waals surface area contributed by atoms with Crippen LogP contribution in [0.4, 0.5) is 5.82 Å². The van der Waals surface area contributed by atoms with Crippen LogP contribution in [-0.2, 0) is 9.59 Å². The Hall–Kier alpha value is -2.84. The van der Waals surface area contributed by atoms with Crippen LogP contribution in [0.15, 0.2) is 36.9 Å². The van der Waals surface area contributed by atoms with Crippen LogP contribution in [0, 0.1) is 5.92 Å². The first kappa shape index (κ1) is 22.9. The van der Waals surface area contributed by atoms with Crippen molar-refractivity contribution in [3.05, 3.63) is 47.0 Å². The molecule has 0 saturated carbocycles. The number of imidazole rings is 1. The molecule has 2 aromatic heterocycles. The molecule has 2 saturated heterocycles. The monoisotopic (exact) mass is 501 g/mol. The number of carboxylic acid groups (broad SMARTS) is 1. The van der Waals surface area contributed by atoms with Crippen molar-refractivity contribution in [1.82, 2.24) is 19.4 Å². The number of fused-ring (bicyclic) bond motifs is 1. The molecule has 34 heavy (non-hydrogen) atoms. The number of nitrogens with zero attached hydrogens (tertiary/aromatic N) is 5. The van der Waals surface area contributed by atoms with Gasteiger partial charge in [0.25, 0.3) is 0 Å². The third-order valence-corrected chi connectivity index (χ3v) is 7.62. The zero-order valence-corrected chi connectivity index (χ0v) is 20.0. The van der Waals surface area contributed by atoms with Gasteiger partial charge in [-0.05, 0) is 37.8 Å². The van der Waals surface area contributed by atoms with Gasteiger partial charge in [0.15, 0.2) is 0 Å². The van der Waals surface area contributed by atoms with Gasteiger partial charge in [0.2, 0.25) is 5.91 Å². The lowest BCUT2D eigenvalue weighted by Gasteiger charge is -2.33. The Morgan fingerprint density at radius 1 is 1.15 bits per heavy atom. The molecule has 1 aromatic carbocycles. The molecule has 2 aliphatic heterocycles. The zero-order chi connectivity index (χ0) is 23.8. The molecule has 2 fully saturated rings. The van der Waals surface area contributed by atoms with Crippen LogP contribution in [0.25, 0.3) is 16.6 Å². The summed E-state index contributed by atoms with van der Waals surface area (Å²) in [5.41, 5.74) is 1.49. The third kappa shape index (κ3) is 4.32. The predicted octanol–water partition coefficient (Wildman–Crippen LogP) is 4.41. The Morgan fingerprint density at radius 3 is 2.74 bits per heavy atom. The average Bonchev–Trinajstić information content (AvgIpc) is 3.53. The van der Waals surface area contributed by atoms with E-state index in [1.165, 1.54) is 0 Å². The number of anilines is 1. The minimum Gasteiger partial charge on any atom is -0.481 e. The molecule has 178 valence electrons. The van der Waals surface area contributed by atoms with Crippen LogP contribution in [0.1, 0.15) is 32.1 Å². The van der Waals surface area contributed by atoms with Gasteiger partial charge in [-0.3, -0.25) is 9.59 Å². The number of benzene rings is 1. The van der Waals surface area contributed by atoms with Crippen LogP contribution < -0.4 is 4.90 Å². The van der Waals surface area contributed by atoms with Crippen molar-refractivity contribution >= 4 is 51.8 Å². The molecule has 8 nitrogen and oxygen atoms in total. The Morgan fingerprint density at radius 2 is 1.97 bits per heavy atom. The van der Waals surface area contributed by atoms with E-state index in [0.29, 0.717) is 34.9 Å². The fraction of sp³-hybridized carbons (Fsp3) is 0.417. The fourth-order valence-corrected chi connectivity index (χ4v) is 5.41. The normalized spacial score (nSPS) is 20.8. The van der Waals surface area contributed by atoms with Gasteiger partial charge in [0.1, 0.15) is 5.82 Å². The number of aliphatic carboxylic acids is 1. The lowest BCUT2D eigenvalue weighted by Crippen LogP contribution is -2.44. The summed E-state index contributed by atoms with van der Waals surface area (Å²) in [7, 11) is 0. The summed E-state index contributed by atoms with van der Waals surface area (Å²) >= 11 is 12.9. The minimum atomic E-state index is -0.831. The van der Waals surface area contributed by atoms with Gasteiger partial charge in [-0.25, -0.2) is 9.97 Å². The average molecular weight is 502 g/mol. The van der Waals surface area contributed by atoms with E-state index in [2.05, 4.69) is 9.88 Å². The summed E-state index contributed by atoms with van der Waals surface area (Å²) in [4.78, 5) is 37.4. The number of rotatable bonds is 5. The first-order chi connectivity index (χ1) is 16.4. The number of hydrogen-bond donors (Lipinski definition) is 1. The summed E-state index contributed by atoms with van der Waals surface area (Å²) in [6, 6.07) is 5.64. The Bertz CT molecular complexity index is 1230. The lowest BCUT2D eigenvalue weighted by atomic mass is 9.97. The number of carbonyl (C=O) groups is 2. The molecule has 1 amide bonds. The summed E-state index contributed by atoms with van der Waals surface area (Å²) in [5, 5.41) is 11.0.